The van der Waals surface area contributed by atoms with Gasteiger partial charge in [0.15, 0.2) is 5.82 Å². The Hall–Kier alpha value is -1.93. The molecule has 0 spiro atoms. The molecule has 1 aliphatic rings. The second kappa shape index (κ2) is 10.3. The number of pyridine rings is 1. The second-order valence-corrected chi connectivity index (χ2v) is 9.34. The standard InChI is InChI=1S/C23H26Cl2N4O2S/c1-2-4-17-5-3-11-28(17)14-20-18(24)13-19(25)22(30)29(20)12-10-15-6-8-16(9-7-15)21-26-23(32)31-27-21/h6-9,13,17H,2-5,10-12,14H2,1H3,(H,26,27,32)/t17-/m0/s1. The number of H-pyrrole nitrogens is 1. The molecule has 0 radical (unpaired) electrons. The van der Waals surface area contributed by atoms with Crippen molar-refractivity contribution in [1.82, 2.24) is 19.6 Å². The van der Waals surface area contributed by atoms with Crippen molar-refractivity contribution in [3.05, 3.63) is 66.8 Å². The van der Waals surface area contributed by atoms with Crippen LogP contribution < -0.4 is 5.56 Å². The number of benzene rings is 1. The van der Waals surface area contributed by atoms with Crippen molar-refractivity contribution >= 4 is 35.4 Å². The molecule has 6 nitrogen and oxygen atoms in total. The van der Waals surface area contributed by atoms with Gasteiger partial charge in [0.2, 0.25) is 0 Å². The Morgan fingerprint density at radius 2 is 2.03 bits per heavy atom. The van der Waals surface area contributed by atoms with Crippen LogP contribution in [0, 0.1) is 4.84 Å². The van der Waals surface area contributed by atoms with E-state index in [1.165, 1.54) is 12.8 Å². The zero-order valence-corrected chi connectivity index (χ0v) is 20.3. The maximum absolute atomic E-state index is 12.9. The monoisotopic (exact) mass is 492 g/mol. The van der Waals surface area contributed by atoms with Gasteiger partial charge in [0, 0.05) is 24.7 Å². The van der Waals surface area contributed by atoms with E-state index in [0.717, 1.165) is 36.2 Å². The van der Waals surface area contributed by atoms with Crippen LogP contribution in [0.4, 0.5) is 0 Å². The fourth-order valence-corrected chi connectivity index (χ4v) is 5.08. The lowest BCUT2D eigenvalue weighted by Crippen LogP contribution is -2.33. The molecular weight excluding hydrogens is 467 g/mol. The topological polar surface area (TPSA) is 67.1 Å². The maximum atomic E-state index is 12.9. The van der Waals surface area contributed by atoms with E-state index in [9.17, 15) is 4.79 Å². The summed E-state index contributed by atoms with van der Waals surface area (Å²) in [5.41, 5.74) is 2.63. The highest BCUT2D eigenvalue weighted by Gasteiger charge is 2.26. The van der Waals surface area contributed by atoms with E-state index in [4.69, 9.17) is 39.9 Å². The molecule has 0 unspecified atom stereocenters. The Morgan fingerprint density at radius 1 is 1.25 bits per heavy atom. The van der Waals surface area contributed by atoms with E-state index >= 15 is 0 Å². The van der Waals surface area contributed by atoms with Crippen molar-refractivity contribution in [3.8, 4) is 11.4 Å². The SMILES string of the molecule is CCC[C@H]1CCCN1Cc1c(Cl)cc(Cl)c(=O)n1CCc1ccc(-c2nc(=S)o[nH]2)cc1. The normalized spacial score (nSPS) is 16.7. The van der Waals surface area contributed by atoms with Gasteiger partial charge in [0.25, 0.3) is 5.56 Å². The summed E-state index contributed by atoms with van der Waals surface area (Å²) in [6.45, 7) is 4.42. The zero-order valence-electron chi connectivity index (χ0n) is 17.9. The minimum atomic E-state index is -0.191. The van der Waals surface area contributed by atoms with Gasteiger partial charge in [-0.25, -0.2) is 5.16 Å². The number of halogens is 2. The number of aromatic nitrogens is 3. The van der Waals surface area contributed by atoms with Crippen molar-refractivity contribution in [2.45, 2.75) is 58.2 Å². The van der Waals surface area contributed by atoms with E-state index in [0.29, 0.717) is 36.4 Å². The number of likely N-dealkylation sites (tertiary alicyclic amines) is 1. The number of aryl methyl sites for hydroxylation is 1. The Bertz CT molecular complexity index is 1190. The van der Waals surface area contributed by atoms with Gasteiger partial charge >= 0.3 is 4.84 Å². The van der Waals surface area contributed by atoms with E-state index in [-0.39, 0.29) is 15.4 Å². The quantitative estimate of drug-likeness (QED) is 0.398. The summed E-state index contributed by atoms with van der Waals surface area (Å²) in [6.07, 6.45) is 5.38. The lowest BCUT2D eigenvalue weighted by Gasteiger charge is -2.26. The summed E-state index contributed by atoms with van der Waals surface area (Å²) in [5, 5.41) is 3.41. The molecule has 0 aliphatic carbocycles. The third-order valence-electron chi connectivity index (χ3n) is 6.07. The van der Waals surface area contributed by atoms with Crippen LogP contribution in [0.5, 0.6) is 0 Å². The van der Waals surface area contributed by atoms with Crippen molar-refractivity contribution in [1.29, 1.82) is 0 Å². The highest BCUT2D eigenvalue weighted by atomic mass is 35.5. The van der Waals surface area contributed by atoms with Crippen LogP contribution in [0.25, 0.3) is 11.4 Å². The first-order valence-electron chi connectivity index (χ1n) is 10.9. The van der Waals surface area contributed by atoms with Crippen LogP contribution in [-0.4, -0.2) is 32.2 Å². The summed E-state index contributed by atoms with van der Waals surface area (Å²) < 4.78 is 6.74. The summed E-state index contributed by atoms with van der Waals surface area (Å²) in [5.74, 6) is 0.592. The molecule has 4 rings (SSSR count). The predicted molar refractivity (Wildman–Crippen MR) is 130 cm³/mol. The molecular formula is C23H26Cl2N4O2S. The van der Waals surface area contributed by atoms with E-state index in [2.05, 4.69) is 22.0 Å². The number of aromatic amines is 1. The highest BCUT2D eigenvalue weighted by Crippen LogP contribution is 2.27. The van der Waals surface area contributed by atoms with Crippen molar-refractivity contribution < 1.29 is 4.52 Å². The van der Waals surface area contributed by atoms with Crippen LogP contribution in [-0.2, 0) is 19.5 Å². The smallest absolute Gasteiger partial charge is 0.314 e. The van der Waals surface area contributed by atoms with Gasteiger partial charge < -0.3 is 9.09 Å². The van der Waals surface area contributed by atoms with E-state index in [1.54, 1.807) is 10.6 Å². The molecule has 0 saturated carbocycles. The third kappa shape index (κ3) is 5.17. The van der Waals surface area contributed by atoms with Crippen LogP contribution in [0.1, 0.15) is 43.9 Å². The molecule has 1 atom stereocenters. The number of rotatable bonds is 8. The third-order valence-corrected chi connectivity index (χ3v) is 6.84. The van der Waals surface area contributed by atoms with Gasteiger partial charge in [-0.3, -0.25) is 9.69 Å². The minimum absolute atomic E-state index is 0.155. The highest BCUT2D eigenvalue weighted by molar-refractivity contribution is 7.71. The van der Waals surface area contributed by atoms with Gasteiger partial charge in [-0.1, -0.05) is 60.8 Å². The molecule has 0 amide bonds. The molecule has 3 aromatic rings. The molecule has 32 heavy (non-hydrogen) atoms. The van der Waals surface area contributed by atoms with Crippen LogP contribution in [0.15, 0.2) is 39.6 Å². The molecule has 2 aromatic heterocycles. The molecule has 1 saturated heterocycles. The Balaban J connectivity index is 1.54. The lowest BCUT2D eigenvalue weighted by atomic mass is 10.1. The molecule has 9 heteroatoms. The largest absolute Gasteiger partial charge is 0.348 e. The van der Waals surface area contributed by atoms with Crippen molar-refractivity contribution in [2.24, 2.45) is 0 Å². The Kier molecular flexibility index (Phi) is 7.51. The van der Waals surface area contributed by atoms with Gasteiger partial charge in [0.1, 0.15) is 5.02 Å². The van der Waals surface area contributed by atoms with E-state index < -0.39 is 0 Å². The molecule has 1 N–H and O–H groups in total. The fourth-order valence-electron chi connectivity index (χ4n) is 4.41. The summed E-state index contributed by atoms with van der Waals surface area (Å²) >= 11 is 17.7. The average molecular weight is 493 g/mol. The first-order valence-corrected chi connectivity index (χ1v) is 12.1. The molecule has 1 aliphatic heterocycles. The maximum Gasteiger partial charge on any atom is 0.314 e. The Labute approximate surface area is 202 Å². The zero-order chi connectivity index (χ0) is 22.7. The number of hydrogen-bond acceptors (Lipinski definition) is 5. The first kappa shape index (κ1) is 23.2. The van der Waals surface area contributed by atoms with Gasteiger partial charge in [0.05, 0.1) is 10.7 Å². The average Bonchev–Trinajstić information content (AvgIpc) is 3.41. The van der Waals surface area contributed by atoms with Crippen molar-refractivity contribution in [2.75, 3.05) is 6.54 Å². The van der Waals surface area contributed by atoms with Crippen LogP contribution in [0.2, 0.25) is 10.0 Å². The van der Waals surface area contributed by atoms with Crippen molar-refractivity contribution in [3.63, 3.8) is 0 Å². The van der Waals surface area contributed by atoms with Gasteiger partial charge in [-0.05, 0) is 56.1 Å². The lowest BCUT2D eigenvalue weighted by molar-refractivity contribution is 0.227. The summed E-state index contributed by atoms with van der Waals surface area (Å²) in [7, 11) is 0. The molecule has 1 aromatic carbocycles. The van der Waals surface area contributed by atoms with Crippen LogP contribution >= 0.6 is 35.4 Å². The van der Waals surface area contributed by atoms with E-state index in [1.807, 2.05) is 24.3 Å². The number of hydrogen-bond donors (Lipinski definition) is 1. The summed E-state index contributed by atoms with van der Waals surface area (Å²) in [6, 6.07) is 10.1. The number of nitrogens with zero attached hydrogens (tertiary/aromatic N) is 3. The predicted octanol–water partition coefficient (Wildman–Crippen LogP) is 5.87. The molecule has 170 valence electrons. The molecule has 1 fully saturated rings. The fraction of sp³-hybridized carbons (Fsp3) is 0.435. The van der Waals surface area contributed by atoms with Gasteiger partial charge in [-0.15, -0.1) is 0 Å². The summed E-state index contributed by atoms with van der Waals surface area (Å²) in [4.78, 5) is 19.7. The molecule has 3 heterocycles. The minimum Gasteiger partial charge on any atom is -0.348 e. The molecule has 0 bridgehead atoms. The second-order valence-electron chi connectivity index (χ2n) is 8.18. The Morgan fingerprint density at radius 3 is 2.72 bits per heavy atom. The number of nitrogens with one attached hydrogen (secondary N) is 1. The first-order chi connectivity index (χ1) is 15.5. The van der Waals surface area contributed by atoms with Gasteiger partial charge in [-0.2, -0.15) is 4.98 Å². The van der Waals surface area contributed by atoms with Crippen LogP contribution in [0.3, 0.4) is 0 Å².